The van der Waals surface area contributed by atoms with E-state index in [1.807, 2.05) is 27.7 Å². The number of hydrogen-bond donors (Lipinski definition) is 0. The van der Waals surface area contributed by atoms with Crippen LogP contribution in [-0.4, -0.2) is 68.4 Å². The lowest BCUT2D eigenvalue weighted by atomic mass is 10.0. The van der Waals surface area contributed by atoms with E-state index < -0.39 is 29.4 Å². The average molecular weight is 611 g/mol. The highest BCUT2D eigenvalue weighted by molar-refractivity contribution is 7.98. The van der Waals surface area contributed by atoms with Gasteiger partial charge in [0, 0.05) is 36.8 Å². The lowest BCUT2D eigenvalue weighted by Crippen LogP contribution is -2.55. The number of carbonyl (C=O) groups excluding carboxylic acids is 1. The predicted octanol–water partition coefficient (Wildman–Crippen LogP) is 5.67. The number of thioether (sulfide) groups is 1. The zero-order valence-corrected chi connectivity index (χ0v) is 25.7. The number of fused-ring (bicyclic) bond motifs is 1. The van der Waals surface area contributed by atoms with Crippen molar-refractivity contribution < 1.29 is 18.0 Å². The van der Waals surface area contributed by atoms with Gasteiger partial charge < -0.3 is 9.80 Å². The number of rotatable bonds is 6. The molecule has 8 nitrogen and oxygen atoms in total. The molecule has 0 aliphatic carbocycles. The minimum absolute atomic E-state index is 0.000380. The number of hydrogen-bond acceptors (Lipinski definition) is 7. The predicted molar refractivity (Wildman–Crippen MR) is 163 cm³/mol. The summed E-state index contributed by atoms with van der Waals surface area (Å²) >= 11 is 1.26. The van der Waals surface area contributed by atoms with E-state index in [4.69, 9.17) is 0 Å². The summed E-state index contributed by atoms with van der Waals surface area (Å²) in [5.41, 5.74) is 1.06. The third-order valence-electron chi connectivity index (χ3n) is 7.71. The zero-order chi connectivity index (χ0) is 31.2. The minimum Gasteiger partial charge on any atom is -0.350 e. The van der Waals surface area contributed by atoms with E-state index in [0.29, 0.717) is 16.3 Å². The third kappa shape index (κ3) is 5.48. The molecule has 1 unspecified atom stereocenters. The Kier molecular flexibility index (Phi) is 8.51. The molecule has 1 fully saturated rings. The molecule has 0 bridgehead atoms. The minimum atomic E-state index is -1.64. The van der Waals surface area contributed by atoms with Crippen molar-refractivity contribution in [3.63, 3.8) is 0 Å². The monoisotopic (exact) mass is 610 g/mol. The molecule has 4 aromatic rings. The molecule has 12 heteroatoms. The van der Waals surface area contributed by atoms with Gasteiger partial charge in [-0.2, -0.15) is 4.98 Å². The summed E-state index contributed by atoms with van der Waals surface area (Å²) in [4.78, 5) is 43.7. The van der Waals surface area contributed by atoms with Gasteiger partial charge >= 0.3 is 5.69 Å². The molecular weight excluding hydrogens is 577 g/mol. The Bertz CT molecular complexity index is 1780. The Balaban J connectivity index is 1.81. The van der Waals surface area contributed by atoms with Crippen LogP contribution in [0, 0.1) is 18.6 Å². The number of aromatic nitrogens is 4. The van der Waals surface area contributed by atoms with Crippen molar-refractivity contribution in [1.82, 2.24) is 24.4 Å². The normalized spacial score (nSPS) is 16.3. The number of amides is 1. The molecule has 2 atom stereocenters. The third-order valence-corrected chi connectivity index (χ3v) is 8.49. The Labute approximate surface area is 252 Å². The van der Waals surface area contributed by atoms with E-state index in [-0.39, 0.29) is 59.7 Å². The van der Waals surface area contributed by atoms with E-state index in [1.54, 1.807) is 35.6 Å². The van der Waals surface area contributed by atoms with Gasteiger partial charge in [-0.05, 0) is 62.8 Å². The molecule has 1 saturated heterocycles. The molecule has 1 aliphatic heterocycles. The van der Waals surface area contributed by atoms with Crippen molar-refractivity contribution in [2.45, 2.75) is 57.6 Å². The first kappa shape index (κ1) is 30.5. The van der Waals surface area contributed by atoms with Crippen LogP contribution >= 0.6 is 11.8 Å². The van der Waals surface area contributed by atoms with Crippen LogP contribution in [0.1, 0.15) is 44.9 Å². The fourth-order valence-corrected chi connectivity index (χ4v) is 6.23. The standard InChI is InChI=1S/C31H33F3N6O2S/c1-16(2)25-27(17(3)10-11-35-25)40-29-20(14-22(34)26(36-29)24-21(33)8-7-9-23(24)43-6)28(37-31(40)42)39-13-12-38(15-18(39)4)30(41)19(5)32/h7-11,14,16,18-19H,12-13,15H2,1-6H3/t18-,19?/m0/s1. The first-order chi connectivity index (χ1) is 20.4. The SMILES string of the molecule is CSc1cccc(F)c1-c1nc2c(cc1F)c(N1CCN(C(=O)C(C)F)C[C@@H]1C)nc(=O)n2-c1c(C)ccnc1C(C)C. The zero-order valence-electron chi connectivity index (χ0n) is 24.9. The largest absolute Gasteiger partial charge is 0.355 e. The Morgan fingerprint density at radius 1 is 1.09 bits per heavy atom. The summed E-state index contributed by atoms with van der Waals surface area (Å²) in [7, 11) is 0. The van der Waals surface area contributed by atoms with E-state index >= 15 is 8.78 Å². The van der Waals surface area contributed by atoms with Gasteiger partial charge in [-0.15, -0.1) is 11.8 Å². The summed E-state index contributed by atoms with van der Waals surface area (Å²) in [5, 5.41) is 0.242. The van der Waals surface area contributed by atoms with Crippen LogP contribution in [0.15, 0.2) is 46.2 Å². The van der Waals surface area contributed by atoms with Crippen LogP contribution in [0.4, 0.5) is 19.0 Å². The maximum absolute atomic E-state index is 16.0. The molecule has 1 amide bonds. The number of pyridine rings is 2. The maximum Gasteiger partial charge on any atom is 0.355 e. The number of benzene rings is 1. The molecule has 5 rings (SSSR count). The molecule has 1 aliphatic rings. The average Bonchev–Trinajstić information content (AvgIpc) is 2.96. The highest BCUT2D eigenvalue weighted by atomic mass is 32.2. The molecule has 3 aromatic heterocycles. The number of halogens is 3. The summed E-state index contributed by atoms with van der Waals surface area (Å²) in [6.07, 6.45) is 1.78. The summed E-state index contributed by atoms with van der Waals surface area (Å²) in [6.45, 7) is 9.39. The molecular formula is C31H33F3N6O2S. The molecule has 0 radical (unpaired) electrons. The van der Waals surface area contributed by atoms with Crippen LogP contribution in [-0.2, 0) is 4.79 Å². The second kappa shape index (κ2) is 12.0. The van der Waals surface area contributed by atoms with Crippen LogP contribution in [0.5, 0.6) is 0 Å². The summed E-state index contributed by atoms with van der Waals surface area (Å²) < 4.78 is 46.4. The Hall–Kier alpha value is -3.93. The van der Waals surface area contributed by atoms with Gasteiger partial charge in [0.1, 0.15) is 17.3 Å². The second-order valence-electron chi connectivity index (χ2n) is 11.0. The van der Waals surface area contributed by atoms with Crippen LogP contribution in [0.2, 0.25) is 0 Å². The van der Waals surface area contributed by atoms with E-state index in [9.17, 15) is 14.0 Å². The second-order valence-corrected chi connectivity index (χ2v) is 11.9. The molecule has 0 saturated carbocycles. The van der Waals surface area contributed by atoms with Crippen molar-refractivity contribution in [1.29, 1.82) is 0 Å². The Morgan fingerprint density at radius 2 is 1.84 bits per heavy atom. The fourth-order valence-electron chi connectivity index (χ4n) is 5.61. The first-order valence-electron chi connectivity index (χ1n) is 14.1. The topological polar surface area (TPSA) is 84.2 Å². The van der Waals surface area contributed by atoms with Gasteiger partial charge in [0.25, 0.3) is 5.91 Å². The quantitative estimate of drug-likeness (QED) is 0.260. The van der Waals surface area contributed by atoms with Gasteiger partial charge in [-0.3, -0.25) is 9.78 Å². The van der Waals surface area contributed by atoms with E-state index in [1.165, 1.54) is 40.3 Å². The molecule has 4 heterocycles. The van der Waals surface area contributed by atoms with Crippen molar-refractivity contribution >= 4 is 34.5 Å². The van der Waals surface area contributed by atoms with Gasteiger partial charge in [0.15, 0.2) is 17.6 Å². The maximum atomic E-state index is 16.0. The lowest BCUT2D eigenvalue weighted by molar-refractivity contribution is -0.136. The van der Waals surface area contributed by atoms with E-state index in [0.717, 1.165) is 5.56 Å². The summed E-state index contributed by atoms with van der Waals surface area (Å²) in [6, 6.07) is 7.11. The number of alkyl halides is 1. The van der Waals surface area contributed by atoms with E-state index in [2.05, 4.69) is 15.0 Å². The molecule has 0 spiro atoms. The smallest absolute Gasteiger partial charge is 0.350 e. The highest BCUT2D eigenvalue weighted by Gasteiger charge is 2.32. The van der Waals surface area contributed by atoms with Crippen LogP contribution < -0.4 is 10.6 Å². The van der Waals surface area contributed by atoms with Crippen molar-refractivity contribution in [2.24, 2.45) is 0 Å². The number of anilines is 1. The Morgan fingerprint density at radius 3 is 2.49 bits per heavy atom. The molecule has 0 N–H and O–H groups in total. The van der Waals surface area contributed by atoms with Gasteiger partial charge in [0.05, 0.1) is 22.3 Å². The van der Waals surface area contributed by atoms with Crippen molar-refractivity contribution in [3.8, 4) is 16.9 Å². The van der Waals surface area contributed by atoms with Crippen LogP contribution in [0.3, 0.4) is 0 Å². The van der Waals surface area contributed by atoms with Crippen molar-refractivity contribution in [2.75, 3.05) is 30.8 Å². The van der Waals surface area contributed by atoms with Gasteiger partial charge in [0.2, 0.25) is 0 Å². The first-order valence-corrected chi connectivity index (χ1v) is 15.3. The van der Waals surface area contributed by atoms with Gasteiger partial charge in [-0.25, -0.2) is 27.5 Å². The number of nitrogens with zero attached hydrogens (tertiary/aromatic N) is 6. The molecule has 226 valence electrons. The highest BCUT2D eigenvalue weighted by Crippen LogP contribution is 2.37. The summed E-state index contributed by atoms with van der Waals surface area (Å²) in [5.74, 6) is -1.92. The number of carbonyl (C=O) groups is 1. The number of piperazine rings is 1. The fraction of sp³-hybridized carbons (Fsp3) is 0.387. The molecule has 43 heavy (non-hydrogen) atoms. The lowest BCUT2D eigenvalue weighted by Gasteiger charge is -2.41. The van der Waals surface area contributed by atoms with Gasteiger partial charge in [-0.1, -0.05) is 19.9 Å². The molecule has 1 aromatic carbocycles. The van der Waals surface area contributed by atoms with Crippen molar-refractivity contribution in [3.05, 3.63) is 69.9 Å². The number of aryl methyl sites for hydroxylation is 1. The van der Waals surface area contributed by atoms with Crippen LogP contribution in [0.25, 0.3) is 28.0 Å².